The summed E-state index contributed by atoms with van der Waals surface area (Å²) in [5.74, 6) is 1.30. The van der Waals surface area contributed by atoms with Gasteiger partial charge in [0.2, 0.25) is 5.89 Å². The molecule has 58 heavy (non-hydrogen) atoms. The van der Waals surface area contributed by atoms with Crippen LogP contribution in [0.1, 0.15) is 22.3 Å². The van der Waals surface area contributed by atoms with Crippen molar-refractivity contribution in [1.29, 1.82) is 0 Å². The van der Waals surface area contributed by atoms with E-state index < -0.39 is 5.41 Å². The lowest BCUT2D eigenvalue weighted by atomic mass is 9.67. The van der Waals surface area contributed by atoms with E-state index in [0.29, 0.717) is 11.7 Å². The Balaban J connectivity index is 1.06. The lowest BCUT2D eigenvalue weighted by molar-refractivity contribution is 0.618. The van der Waals surface area contributed by atoms with Crippen LogP contribution in [-0.2, 0) is 5.41 Å². The quantitative estimate of drug-likeness (QED) is 0.163. The zero-order valence-electron chi connectivity index (χ0n) is 31.5. The van der Waals surface area contributed by atoms with Gasteiger partial charge in [0.05, 0.1) is 16.8 Å². The molecule has 0 bridgehead atoms. The summed E-state index contributed by atoms with van der Waals surface area (Å²) in [5.41, 5.74) is 16.3. The molecule has 1 aliphatic carbocycles. The molecule has 4 nitrogen and oxygen atoms in total. The second-order valence-corrected chi connectivity index (χ2v) is 14.8. The molecule has 2 heterocycles. The van der Waals surface area contributed by atoms with Crippen LogP contribution in [0.15, 0.2) is 217 Å². The summed E-state index contributed by atoms with van der Waals surface area (Å²) in [7, 11) is 0. The van der Waals surface area contributed by atoms with Gasteiger partial charge in [-0.1, -0.05) is 182 Å². The Morgan fingerprint density at radius 2 is 0.810 bits per heavy atom. The van der Waals surface area contributed by atoms with Crippen molar-refractivity contribution in [2.45, 2.75) is 5.41 Å². The van der Waals surface area contributed by atoms with E-state index in [0.717, 1.165) is 55.9 Å². The number of oxazole rings is 1. The van der Waals surface area contributed by atoms with Crippen molar-refractivity contribution >= 4 is 11.1 Å². The Morgan fingerprint density at radius 3 is 1.41 bits per heavy atom. The highest BCUT2D eigenvalue weighted by Gasteiger charge is 2.46. The fraction of sp³-hybridized carbons (Fsp3) is 0.0185. The maximum absolute atomic E-state index is 6.49. The first-order chi connectivity index (χ1) is 28.7. The van der Waals surface area contributed by atoms with Crippen LogP contribution < -0.4 is 0 Å². The van der Waals surface area contributed by atoms with E-state index >= 15 is 0 Å². The molecule has 11 rings (SSSR count). The fourth-order valence-corrected chi connectivity index (χ4v) is 8.70. The number of fused-ring (bicyclic) bond motifs is 4. The molecule has 0 unspecified atom stereocenters. The molecule has 0 amide bonds. The van der Waals surface area contributed by atoms with E-state index in [1.165, 1.54) is 33.4 Å². The van der Waals surface area contributed by atoms with Crippen molar-refractivity contribution in [3.05, 3.63) is 235 Å². The predicted octanol–water partition coefficient (Wildman–Crippen LogP) is 13.3. The van der Waals surface area contributed by atoms with Crippen LogP contribution in [0.3, 0.4) is 0 Å². The van der Waals surface area contributed by atoms with Gasteiger partial charge in [-0.05, 0) is 74.8 Å². The van der Waals surface area contributed by atoms with Crippen molar-refractivity contribution in [3.8, 4) is 67.6 Å². The summed E-state index contributed by atoms with van der Waals surface area (Å²) in [6.07, 6.45) is 0. The van der Waals surface area contributed by atoms with E-state index in [-0.39, 0.29) is 0 Å². The summed E-state index contributed by atoms with van der Waals surface area (Å²) in [6.45, 7) is 0. The molecule has 2 aromatic heterocycles. The van der Waals surface area contributed by atoms with Crippen molar-refractivity contribution in [2.75, 3.05) is 0 Å². The number of benzene rings is 8. The lowest BCUT2D eigenvalue weighted by Gasteiger charge is -2.33. The molecule has 0 saturated carbocycles. The van der Waals surface area contributed by atoms with E-state index in [9.17, 15) is 0 Å². The van der Waals surface area contributed by atoms with E-state index in [1.54, 1.807) is 0 Å². The van der Waals surface area contributed by atoms with Crippen LogP contribution in [0.4, 0.5) is 0 Å². The average molecular weight is 742 g/mol. The van der Waals surface area contributed by atoms with Crippen molar-refractivity contribution < 1.29 is 4.42 Å². The van der Waals surface area contributed by atoms with Crippen LogP contribution in [0.2, 0.25) is 0 Å². The van der Waals surface area contributed by atoms with Crippen LogP contribution in [0.5, 0.6) is 0 Å². The first-order valence-electron chi connectivity index (χ1n) is 19.6. The van der Waals surface area contributed by atoms with Crippen LogP contribution >= 0.6 is 0 Å². The normalized spacial score (nSPS) is 12.6. The van der Waals surface area contributed by atoms with Gasteiger partial charge in [0.15, 0.2) is 11.4 Å². The summed E-state index contributed by atoms with van der Waals surface area (Å²) in [5, 5.41) is 0. The van der Waals surface area contributed by atoms with E-state index in [4.69, 9.17) is 19.4 Å². The molecule has 4 heteroatoms. The number of rotatable bonds is 7. The van der Waals surface area contributed by atoms with Crippen LogP contribution in [-0.4, -0.2) is 15.0 Å². The third-order valence-corrected chi connectivity index (χ3v) is 11.5. The van der Waals surface area contributed by atoms with E-state index in [2.05, 4.69) is 158 Å². The molecule has 0 N–H and O–H groups in total. The van der Waals surface area contributed by atoms with Gasteiger partial charge in [-0.15, -0.1) is 0 Å². The number of hydrogen-bond acceptors (Lipinski definition) is 4. The summed E-state index contributed by atoms with van der Waals surface area (Å²) in [4.78, 5) is 15.2. The van der Waals surface area contributed by atoms with Gasteiger partial charge < -0.3 is 4.42 Å². The molecule has 8 aromatic carbocycles. The maximum Gasteiger partial charge on any atom is 0.227 e. The summed E-state index contributed by atoms with van der Waals surface area (Å²) in [6, 6.07) is 74.5. The number of hydrogen-bond donors (Lipinski definition) is 0. The van der Waals surface area contributed by atoms with E-state index in [1.807, 2.05) is 54.6 Å². The van der Waals surface area contributed by atoms with Crippen molar-refractivity contribution in [2.24, 2.45) is 0 Å². The van der Waals surface area contributed by atoms with Gasteiger partial charge in [0.25, 0.3) is 0 Å². The van der Waals surface area contributed by atoms with Crippen molar-refractivity contribution in [1.82, 2.24) is 15.0 Å². The monoisotopic (exact) mass is 741 g/mol. The highest BCUT2D eigenvalue weighted by molar-refractivity contribution is 5.88. The first-order valence-corrected chi connectivity index (χ1v) is 19.6. The molecular weight excluding hydrogens is 707 g/mol. The minimum absolute atomic E-state index is 0.605. The molecule has 0 fully saturated rings. The minimum Gasteiger partial charge on any atom is -0.436 e. The van der Waals surface area contributed by atoms with Gasteiger partial charge in [0.1, 0.15) is 5.52 Å². The summed E-state index contributed by atoms with van der Waals surface area (Å²) < 4.78 is 6.49. The molecule has 10 aromatic rings. The fourth-order valence-electron chi connectivity index (χ4n) is 8.70. The standard InChI is InChI=1S/C54H35N3O/c1-4-14-36(15-5-1)37-24-26-38(27-25-37)49-35-50(56-52(55-49)40-16-6-2-7-17-40)39-28-30-42(31-29-39)54(46-22-12-10-20-44(46)45-21-11-13-23-47(45)54)43-32-33-48-51(34-43)58-53(57-48)41-18-8-3-9-19-41/h1-35H. The van der Waals surface area contributed by atoms with Gasteiger partial charge >= 0.3 is 0 Å². The average Bonchev–Trinajstić information content (AvgIpc) is 3.88. The Morgan fingerprint density at radius 1 is 0.345 bits per heavy atom. The third kappa shape index (κ3) is 5.57. The highest BCUT2D eigenvalue weighted by atomic mass is 16.3. The lowest BCUT2D eigenvalue weighted by Crippen LogP contribution is -2.28. The zero-order valence-corrected chi connectivity index (χ0v) is 31.5. The minimum atomic E-state index is -0.605. The first kappa shape index (κ1) is 33.6. The van der Waals surface area contributed by atoms with Gasteiger partial charge in [-0.2, -0.15) is 0 Å². The smallest absolute Gasteiger partial charge is 0.227 e. The number of nitrogens with zero attached hydrogens (tertiary/aromatic N) is 3. The molecule has 0 spiro atoms. The third-order valence-electron chi connectivity index (χ3n) is 11.5. The molecule has 0 atom stereocenters. The summed E-state index contributed by atoms with van der Waals surface area (Å²) >= 11 is 0. The Hall–Kier alpha value is -7.69. The topological polar surface area (TPSA) is 51.8 Å². The predicted molar refractivity (Wildman–Crippen MR) is 234 cm³/mol. The Labute approximate surface area is 336 Å². The highest BCUT2D eigenvalue weighted by Crippen LogP contribution is 2.56. The zero-order chi connectivity index (χ0) is 38.5. The van der Waals surface area contributed by atoms with Crippen molar-refractivity contribution in [3.63, 3.8) is 0 Å². The second kappa shape index (κ2) is 13.8. The SMILES string of the molecule is c1ccc(-c2ccc(-c3cc(-c4ccc(C5(c6ccc7nc(-c8ccccc8)oc7c6)c6ccccc6-c6ccccc65)cc4)nc(-c4ccccc4)n3)cc2)cc1. The maximum atomic E-state index is 6.49. The van der Waals surface area contributed by atoms with Crippen LogP contribution in [0, 0.1) is 0 Å². The molecular formula is C54H35N3O. The Bertz CT molecular complexity index is 3040. The molecule has 0 aliphatic heterocycles. The largest absolute Gasteiger partial charge is 0.436 e. The molecule has 1 aliphatic rings. The molecule has 272 valence electrons. The van der Waals surface area contributed by atoms with Crippen LogP contribution in [0.25, 0.3) is 78.7 Å². The Kier molecular flexibility index (Phi) is 8.00. The van der Waals surface area contributed by atoms with Gasteiger partial charge in [0, 0.05) is 22.3 Å². The number of aromatic nitrogens is 3. The van der Waals surface area contributed by atoms with Gasteiger partial charge in [-0.25, -0.2) is 15.0 Å². The molecule has 0 saturated heterocycles. The second-order valence-electron chi connectivity index (χ2n) is 14.8. The van der Waals surface area contributed by atoms with Gasteiger partial charge in [-0.3, -0.25) is 0 Å². The molecule has 0 radical (unpaired) electrons.